The number of carboxylic acids is 2. The van der Waals surface area contributed by atoms with Gasteiger partial charge in [-0.3, -0.25) is 9.59 Å². The van der Waals surface area contributed by atoms with Gasteiger partial charge in [-0.05, 0) is 217 Å². The summed E-state index contributed by atoms with van der Waals surface area (Å²) >= 11 is 0. The first-order valence-electron chi connectivity index (χ1n) is 30.6. The largest absolute Gasteiger partial charge is 2.00 e. The number of benzene rings is 2. The number of aliphatic hydroxyl groups excluding tert-OH is 2. The van der Waals surface area contributed by atoms with Crippen LogP contribution in [0.15, 0.2) is 36.4 Å². The minimum atomic E-state index is -1.09. The molecule has 17 heteroatoms. The summed E-state index contributed by atoms with van der Waals surface area (Å²) in [7, 11) is 0. The third kappa shape index (κ3) is 18.6. The van der Waals surface area contributed by atoms with E-state index in [1.165, 1.54) is 12.1 Å². The maximum atomic E-state index is 14.4. The van der Waals surface area contributed by atoms with Crippen molar-refractivity contribution in [2.24, 2.45) is 22.7 Å². The van der Waals surface area contributed by atoms with Crippen molar-refractivity contribution < 1.29 is 95.3 Å². The molecule has 0 unspecified atom stereocenters. The van der Waals surface area contributed by atoms with Crippen molar-refractivity contribution in [1.82, 2.24) is 0 Å². The zero-order valence-electron chi connectivity index (χ0n) is 49.0. The zero-order valence-corrected chi connectivity index (χ0v) is 49.9. The Hall–Kier alpha value is -3.80. The van der Waals surface area contributed by atoms with E-state index in [0.29, 0.717) is 88.2 Å². The molecule has 4 fully saturated rings. The number of fused-ring (bicyclic) bond motifs is 6. The fourth-order valence-corrected chi connectivity index (χ4v) is 13.2. The topological polar surface area (TPSA) is 245 Å². The molecule has 16 nitrogen and oxygen atoms in total. The molecule has 5 aliphatic heterocycles. The fraction of sp³-hybridized carbons (Fsp3) is 0.750. The van der Waals surface area contributed by atoms with E-state index < -0.39 is 71.3 Å². The first kappa shape index (κ1) is 66.3. The molecule has 4 bridgehead atoms. The molecule has 5 heterocycles. The van der Waals surface area contributed by atoms with Crippen LogP contribution in [0.4, 0.5) is 0 Å². The summed E-state index contributed by atoms with van der Waals surface area (Å²) in [4.78, 5) is 53.1. The number of carboxylic acid groups (broad SMARTS) is 2. The number of rotatable bonds is 12. The fourth-order valence-electron chi connectivity index (χ4n) is 13.2. The number of aliphatic hydroxyl groups is 2. The van der Waals surface area contributed by atoms with Gasteiger partial charge in [-0.25, -0.2) is 9.59 Å². The number of aliphatic carboxylic acids is 2. The molecule has 0 saturated carbocycles. The maximum absolute atomic E-state index is 14.4. The summed E-state index contributed by atoms with van der Waals surface area (Å²) in [6.45, 7) is 10.7. The molecule has 0 aliphatic carbocycles. The Bertz CT molecular complexity index is 2180. The van der Waals surface area contributed by atoms with Crippen LogP contribution in [0.3, 0.4) is 0 Å². The summed E-state index contributed by atoms with van der Waals surface area (Å²) in [6.07, 6.45) is 11.7. The number of phenols is 2. The molecule has 4 saturated heterocycles. The smallest absolute Gasteiger partial charge is 0.507 e. The van der Waals surface area contributed by atoms with Gasteiger partial charge in [0, 0.05) is 12.8 Å². The van der Waals surface area contributed by atoms with Gasteiger partial charge in [-0.1, -0.05) is 38.1 Å². The molecule has 7 rings (SSSR count). The molecule has 1 radical (unpaired) electrons. The van der Waals surface area contributed by atoms with Gasteiger partial charge in [-0.2, -0.15) is 0 Å². The SMILES string of the molecule is C[C@H]1CC[C@@H]2CCC[C@H](CCCc3cccc(O)c3C(=O)O[C@H](C[C@@H](O)C[C@@H]3CCC[C@H](C(C)(C)C(=O)O)O3)[C@@H](C)CC[C@@H]3CCC[C@H](CCCc4cccc(O)c4C(=O)O[C@@H]1C[C@@H](O)C[C@@H]1CCC[C@H](C(C)(C)C(=O)O)O1)O3)O2.[Cu+2]. The monoisotopic (exact) mass is 1180 g/mol. The standard InChI is InChI=1S/C64H96O16.Cu/c1-39-31-33-47-23-11-21-45(75-47)19-8-16-42-18-10-28-52(68)58(42)60(70)80-54(38-44(66)36-50-26-14-30-56(78-50)64(5,6)62(73)74)40(2)32-34-48-24-12-22-46(76-48)20-7-15-41-17-9-27-51(67)57(41)59(69)79-53(39)37-43(65)35-49-25-13-29-55(77-49)63(3,4)61(71)72;/h9-10,17-18,27-28,39-40,43-50,53-56,65-68H,7-8,11-16,19-26,29-38H2,1-6H3,(H,71,72)(H,73,74);/q;+2/t39-,40-,43-,44-,45-,46-,47-,48-,49-,50-,53+,54+,55+,56+;/m0./s1. The van der Waals surface area contributed by atoms with Crippen LogP contribution in [0.1, 0.15) is 227 Å². The van der Waals surface area contributed by atoms with Crippen molar-refractivity contribution in [3.8, 4) is 11.5 Å². The number of hydrogen-bond donors (Lipinski definition) is 6. The van der Waals surface area contributed by atoms with E-state index in [2.05, 4.69) is 0 Å². The number of aryl methyl sites for hydroxylation is 2. The first-order chi connectivity index (χ1) is 38.1. The number of esters is 2. The Morgan fingerprint density at radius 1 is 0.494 bits per heavy atom. The molecule has 14 atom stereocenters. The second-order valence-corrected chi connectivity index (χ2v) is 25.7. The van der Waals surface area contributed by atoms with Crippen molar-refractivity contribution in [3.05, 3.63) is 58.7 Å². The Balaban J connectivity index is 0.0000106. The van der Waals surface area contributed by atoms with Crippen LogP contribution in [0, 0.1) is 22.7 Å². The van der Waals surface area contributed by atoms with Crippen LogP contribution in [0.2, 0.25) is 0 Å². The molecule has 457 valence electrons. The molecule has 81 heavy (non-hydrogen) atoms. The van der Waals surface area contributed by atoms with Gasteiger partial charge < -0.3 is 59.1 Å². The predicted molar refractivity (Wildman–Crippen MR) is 301 cm³/mol. The Morgan fingerprint density at radius 2 is 0.840 bits per heavy atom. The summed E-state index contributed by atoms with van der Waals surface area (Å²) in [6, 6.07) is 10.2. The average Bonchev–Trinajstić information content (AvgIpc) is 3.42. The number of aromatic hydroxyl groups is 2. The Labute approximate surface area is 491 Å². The summed E-state index contributed by atoms with van der Waals surface area (Å²) in [5, 5.41) is 65.8. The normalized spacial score (nSPS) is 31.0. The van der Waals surface area contributed by atoms with Gasteiger partial charge in [0.05, 0.1) is 71.9 Å². The molecular formula is C64H96CuO16+2. The minimum absolute atomic E-state index is 0. The maximum Gasteiger partial charge on any atom is 2.00 e. The first-order valence-corrected chi connectivity index (χ1v) is 30.6. The molecule has 2 aromatic rings. The van der Waals surface area contributed by atoms with Gasteiger partial charge >= 0.3 is 40.9 Å². The molecule has 2 aromatic carbocycles. The number of hydrogen-bond acceptors (Lipinski definition) is 14. The van der Waals surface area contributed by atoms with Crippen LogP contribution < -0.4 is 0 Å². The van der Waals surface area contributed by atoms with E-state index in [4.69, 9.17) is 28.4 Å². The minimum Gasteiger partial charge on any atom is -0.507 e. The predicted octanol–water partition coefficient (Wildman–Crippen LogP) is 11.6. The van der Waals surface area contributed by atoms with Gasteiger partial charge in [0.1, 0.15) is 34.8 Å². The molecule has 0 amide bonds. The number of ether oxygens (including phenoxy) is 6. The molecule has 0 spiro atoms. The van der Waals surface area contributed by atoms with Crippen molar-refractivity contribution in [3.63, 3.8) is 0 Å². The molecule has 0 aromatic heterocycles. The third-order valence-electron chi connectivity index (χ3n) is 18.6. The molecule has 6 N–H and O–H groups in total. The second kappa shape index (κ2) is 30.8. The van der Waals surface area contributed by atoms with Gasteiger partial charge in [-0.15, -0.1) is 0 Å². The van der Waals surface area contributed by atoms with Crippen LogP contribution in [-0.4, -0.2) is 128 Å². The molecule has 5 aliphatic rings. The van der Waals surface area contributed by atoms with Crippen molar-refractivity contribution in [1.29, 1.82) is 0 Å². The van der Waals surface area contributed by atoms with E-state index in [-0.39, 0.29) is 114 Å². The molecular weight excluding hydrogens is 1090 g/mol. The van der Waals surface area contributed by atoms with Crippen LogP contribution in [-0.2, 0) is 67.9 Å². The van der Waals surface area contributed by atoms with E-state index in [1.54, 1.807) is 39.8 Å². The van der Waals surface area contributed by atoms with E-state index in [1.807, 2.05) is 26.0 Å². The van der Waals surface area contributed by atoms with E-state index in [9.17, 15) is 49.8 Å². The summed E-state index contributed by atoms with van der Waals surface area (Å²) in [5.41, 5.74) is -0.609. The average molecular weight is 1190 g/mol. The van der Waals surface area contributed by atoms with Gasteiger partial charge in [0.25, 0.3) is 0 Å². The van der Waals surface area contributed by atoms with Gasteiger partial charge in [0.2, 0.25) is 0 Å². The van der Waals surface area contributed by atoms with Crippen LogP contribution >= 0.6 is 0 Å². The number of cyclic esters (lactones) is 2. The second-order valence-electron chi connectivity index (χ2n) is 25.7. The quantitative estimate of drug-likeness (QED) is 0.0854. The van der Waals surface area contributed by atoms with Crippen molar-refractivity contribution in [2.75, 3.05) is 0 Å². The summed E-state index contributed by atoms with van der Waals surface area (Å²) in [5.74, 6) is -3.90. The Kier molecular flexibility index (Phi) is 25.3. The van der Waals surface area contributed by atoms with E-state index in [0.717, 1.165) is 64.2 Å². The number of phenolic OH excluding ortho intramolecular Hbond substituents is 2. The van der Waals surface area contributed by atoms with Gasteiger partial charge in [0.15, 0.2) is 0 Å². The van der Waals surface area contributed by atoms with Crippen LogP contribution in [0.5, 0.6) is 11.5 Å². The zero-order chi connectivity index (χ0) is 57.7. The van der Waals surface area contributed by atoms with Crippen molar-refractivity contribution >= 4 is 23.9 Å². The number of carbonyl (C=O) groups is 4. The Morgan fingerprint density at radius 3 is 1.21 bits per heavy atom. The van der Waals surface area contributed by atoms with E-state index >= 15 is 0 Å². The summed E-state index contributed by atoms with van der Waals surface area (Å²) < 4.78 is 38.9. The van der Waals surface area contributed by atoms with Crippen molar-refractivity contribution in [2.45, 2.75) is 282 Å². The third-order valence-corrected chi connectivity index (χ3v) is 18.6. The van der Waals surface area contributed by atoms with Crippen LogP contribution in [0.25, 0.3) is 0 Å². The number of carbonyl (C=O) groups excluding carboxylic acids is 2.